The third-order valence-electron chi connectivity index (χ3n) is 3.65. The van der Waals surface area contributed by atoms with Crippen LogP contribution in [0.25, 0.3) is 0 Å². The molecule has 0 spiro atoms. The van der Waals surface area contributed by atoms with Gasteiger partial charge in [-0.25, -0.2) is 0 Å². The molecule has 2 aromatic carbocycles. The highest BCUT2D eigenvalue weighted by atomic mass is 35.5. The Kier molecular flexibility index (Phi) is 5.09. The lowest BCUT2D eigenvalue weighted by molar-refractivity contribution is 0.0945. The molecule has 0 saturated heterocycles. The van der Waals surface area contributed by atoms with E-state index < -0.39 is 0 Å². The number of carbonyl (C=O) groups excluding carboxylic acids is 1. The molecule has 0 aliphatic carbocycles. The van der Waals surface area contributed by atoms with Crippen LogP contribution in [0.3, 0.4) is 0 Å². The van der Waals surface area contributed by atoms with Crippen molar-refractivity contribution in [3.8, 4) is 5.75 Å². The standard InChI is InChI=1S/C18H20ClNO2/c1-18(2,14-7-9-16(22-3)10-8-14)12-20-17(21)13-5-4-6-15(19)11-13/h4-11H,12H2,1-3H3,(H,20,21). The summed E-state index contributed by atoms with van der Waals surface area (Å²) in [6, 6.07) is 14.8. The van der Waals surface area contributed by atoms with Crippen LogP contribution in [0.4, 0.5) is 0 Å². The van der Waals surface area contributed by atoms with Gasteiger partial charge in [-0.2, -0.15) is 0 Å². The lowest BCUT2D eigenvalue weighted by Crippen LogP contribution is -2.36. The molecule has 0 aliphatic heterocycles. The minimum Gasteiger partial charge on any atom is -0.497 e. The average molecular weight is 318 g/mol. The van der Waals surface area contributed by atoms with Gasteiger partial charge in [-0.15, -0.1) is 0 Å². The Hall–Kier alpha value is -2.00. The van der Waals surface area contributed by atoms with Crippen LogP contribution in [-0.4, -0.2) is 19.6 Å². The van der Waals surface area contributed by atoms with Gasteiger partial charge in [-0.3, -0.25) is 4.79 Å². The fraction of sp³-hybridized carbons (Fsp3) is 0.278. The Bertz CT molecular complexity index is 650. The highest BCUT2D eigenvalue weighted by molar-refractivity contribution is 6.30. The predicted molar refractivity (Wildman–Crippen MR) is 89.8 cm³/mol. The van der Waals surface area contributed by atoms with E-state index in [0.29, 0.717) is 17.1 Å². The van der Waals surface area contributed by atoms with Gasteiger partial charge in [0.1, 0.15) is 5.75 Å². The summed E-state index contributed by atoms with van der Waals surface area (Å²) in [4.78, 5) is 12.2. The van der Waals surface area contributed by atoms with Gasteiger partial charge >= 0.3 is 0 Å². The lowest BCUT2D eigenvalue weighted by atomic mass is 9.84. The summed E-state index contributed by atoms with van der Waals surface area (Å²) in [6.07, 6.45) is 0. The number of rotatable bonds is 5. The monoisotopic (exact) mass is 317 g/mol. The Morgan fingerprint density at radius 1 is 1.18 bits per heavy atom. The zero-order valence-corrected chi connectivity index (χ0v) is 13.8. The number of halogens is 1. The number of nitrogens with one attached hydrogen (secondary N) is 1. The molecule has 0 bridgehead atoms. The van der Waals surface area contributed by atoms with E-state index in [4.69, 9.17) is 16.3 Å². The van der Waals surface area contributed by atoms with Gasteiger partial charge in [0.15, 0.2) is 0 Å². The van der Waals surface area contributed by atoms with E-state index in [1.165, 1.54) is 0 Å². The number of hydrogen-bond donors (Lipinski definition) is 1. The Morgan fingerprint density at radius 3 is 2.45 bits per heavy atom. The zero-order valence-electron chi connectivity index (χ0n) is 13.0. The normalized spacial score (nSPS) is 11.1. The molecule has 4 heteroatoms. The summed E-state index contributed by atoms with van der Waals surface area (Å²) in [6.45, 7) is 4.71. The van der Waals surface area contributed by atoms with Gasteiger partial charge in [0.2, 0.25) is 0 Å². The number of benzene rings is 2. The summed E-state index contributed by atoms with van der Waals surface area (Å²) in [7, 11) is 1.64. The van der Waals surface area contributed by atoms with Crippen LogP contribution in [0.15, 0.2) is 48.5 Å². The van der Waals surface area contributed by atoms with E-state index in [2.05, 4.69) is 19.2 Å². The van der Waals surface area contributed by atoms with Crippen molar-refractivity contribution >= 4 is 17.5 Å². The molecule has 0 fully saturated rings. The number of amides is 1. The van der Waals surface area contributed by atoms with E-state index in [1.807, 2.05) is 24.3 Å². The van der Waals surface area contributed by atoms with Crippen molar-refractivity contribution in [2.24, 2.45) is 0 Å². The number of carbonyl (C=O) groups is 1. The van der Waals surface area contributed by atoms with Crippen molar-refractivity contribution in [1.82, 2.24) is 5.32 Å². The van der Waals surface area contributed by atoms with Crippen molar-refractivity contribution in [2.75, 3.05) is 13.7 Å². The fourth-order valence-electron chi connectivity index (χ4n) is 2.18. The maximum Gasteiger partial charge on any atom is 0.251 e. The van der Waals surface area contributed by atoms with Gasteiger partial charge in [0.05, 0.1) is 7.11 Å². The van der Waals surface area contributed by atoms with Crippen molar-refractivity contribution in [3.05, 3.63) is 64.7 Å². The van der Waals surface area contributed by atoms with Crippen LogP contribution in [-0.2, 0) is 5.41 Å². The molecule has 3 nitrogen and oxygen atoms in total. The molecule has 0 radical (unpaired) electrons. The maximum atomic E-state index is 12.2. The lowest BCUT2D eigenvalue weighted by Gasteiger charge is -2.26. The first-order valence-corrected chi connectivity index (χ1v) is 7.48. The fourth-order valence-corrected chi connectivity index (χ4v) is 2.37. The third kappa shape index (κ3) is 4.01. The van der Waals surface area contributed by atoms with Gasteiger partial charge in [0.25, 0.3) is 5.91 Å². The van der Waals surface area contributed by atoms with E-state index >= 15 is 0 Å². The molecule has 0 aromatic heterocycles. The van der Waals surface area contributed by atoms with Crippen molar-refractivity contribution in [1.29, 1.82) is 0 Å². The highest BCUT2D eigenvalue weighted by Crippen LogP contribution is 2.24. The zero-order chi connectivity index (χ0) is 16.2. The first-order valence-electron chi connectivity index (χ1n) is 7.11. The Labute approximate surface area is 136 Å². The molecular formula is C18H20ClNO2. The van der Waals surface area contributed by atoms with Crippen LogP contribution < -0.4 is 10.1 Å². The summed E-state index contributed by atoms with van der Waals surface area (Å²) < 4.78 is 5.17. The van der Waals surface area contributed by atoms with Crippen LogP contribution in [0.1, 0.15) is 29.8 Å². The molecule has 0 aliphatic rings. The predicted octanol–water partition coefficient (Wildman–Crippen LogP) is 4.06. The number of methoxy groups -OCH3 is 1. The Morgan fingerprint density at radius 2 is 1.86 bits per heavy atom. The van der Waals surface area contributed by atoms with E-state index in [1.54, 1.807) is 31.4 Å². The molecule has 0 heterocycles. The summed E-state index contributed by atoms with van der Waals surface area (Å²) in [5.41, 5.74) is 1.53. The molecule has 2 rings (SSSR count). The molecule has 0 unspecified atom stereocenters. The average Bonchev–Trinajstić information content (AvgIpc) is 2.52. The minimum absolute atomic E-state index is 0.121. The summed E-state index contributed by atoms with van der Waals surface area (Å²) >= 11 is 5.91. The Balaban J connectivity index is 2.03. The molecule has 0 atom stereocenters. The van der Waals surface area contributed by atoms with Crippen molar-refractivity contribution < 1.29 is 9.53 Å². The quantitative estimate of drug-likeness (QED) is 0.903. The third-order valence-corrected chi connectivity index (χ3v) is 3.88. The van der Waals surface area contributed by atoms with Crippen molar-refractivity contribution in [3.63, 3.8) is 0 Å². The smallest absolute Gasteiger partial charge is 0.251 e. The van der Waals surface area contributed by atoms with E-state index in [-0.39, 0.29) is 11.3 Å². The number of ether oxygens (including phenoxy) is 1. The van der Waals surface area contributed by atoms with E-state index in [9.17, 15) is 4.79 Å². The van der Waals surface area contributed by atoms with Crippen molar-refractivity contribution in [2.45, 2.75) is 19.3 Å². The minimum atomic E-state index is -0.180. The van der Waals surface area contributed by atoms with Gasteiger partial charge in [-0.05, 0) is 35.9 Å². The molecule has 22 heavy (non-hydrogen) atoms. The molecule has 2 aromatic rings. The molecule has 1 N–H and O–H groups in total. The van der Waals surface area contributed by atoms with Crippen LogP contribution in [0.2, 0.25) is 5.02 Å². The van der Waals surface area contributed by atoms with Crippen LogP contribution in [0.5, 0.6) is 5.75 Å². The summed E-state index contributed by atoms with van der Waals surface area (Å²) in [5.74, 6) is 0.701. The molecule has 1 amide bonds. The second kappa shape index (κ2) is 6.84. The molecular weight excluding hydrogens is 298 g/mol. The van der Waals surface area contributed by atoms with Gasteiger partial charge in [-0.1, -0.05) is 43.6 Å². The SMILES string of the molecule is COc1ccc(C(C)(C)CNC(=O)c2cccc(Cl)c2)cc1. The van der Waals surface area contributed by atoms with Crippen LogP contribution in [0, 0.1) is 0 Å². The molecule has 116 valence electrons. The first-order chi connectivity index (χ1) is 10.4. The second-order valence-electron chi connectivity index (χ2n) is 5.81. The van der Waals surface area contributed by atoms with Gasteiger partial charge in [0, 0.05) is 22.5 Å². The molecule has 0 saturated carbocycles. The largest absolute Gasteiger partial charge is 0.497 e. The van der Waals surface area contributed by atoms with Gasteiger partial charge < -0.3 is 10.1 Å². The first kappa shape index (κ1) is 16.4. The van der Waals surface area contributed by atoms with Crippen LogP contribution >= 0.6 is 11.6 Å². The maximum absolute atomic E-state index is 12.2. The topological polar surface area (TPSA) is 38.3 Å². The summed E-state index contributed by atoms with van der Waals surface area (Å²) in [5, 5.41) is 3.52. The van der Waals surface area contributed by atoms with E-state index in [0.717, 1.165) is 11.3 Å². The number of hydrogen-bond acceptors (Lipinski definition) is 2. The second-order valence-corrected chi connectivity index (χ2v) is 6.24. The highest BCUT2D eigenvalue weighted by Gasteiger charge is 2.21.